The van der Waals surface area contributed by atoms with Crippen LogP contribution in [0.5, 0.6) is 0 Å². The van der Waals surface area contributed by atoms with Crippen molar-refractivity contribution < 1.29 is 0 Å². The fraction of sp³-hybridized carbons (Fsp3) is 0.00917. The van der Waals surface area contributed by atoms with Crippen LogP contribution in [0.4, 0.5) is 0 Å². The van der Waals surface area contributed by atoms with Gasteiger partial charge in [0.15, 0.2) is 0 Å². The number of pyridine rings is 4. The van der Waals surface area contributed by atoms with Crippen molar-refractivity contribution in [1.29, 1.82) is 0 Å². The second-order valence-corrected chi connectivity index (χ2v) is 29.0. The molecular formula is C109H74N6. The smallest absolute Gasteiger partial charge is 0.0888 e. The first-order chi connectivity index (χ1) is 56.9. The molecule has 115 heavy (non-hydrogen) atoms. The monoisotopic (exact) mass is 1470 g/mol. The Morgan fingerprint density at radius 3 is 0.574 bits per heavy atom. The molecule has 540 valence electrons. The number of hydrogen-bond acceptors (Lipinski definition) is 6. The minimum atomic E-state index is 0.790. The van der Waals surface area contributed by atoms with E-state index in [-0.39, 0.29) is 0 Å². The third-order valence-corrected chi connectivity index (χ3v) is 21.8. The maximum atomic E-state index is 5.13. The van der Waals surface area contributed by atoms with E-state index in [2.05, 4.69) is 377 Å². The third-order valence-electron chi connectivity index (χ3n) is 21.8. The summed E-state index contributed by atoms with van der Waals surface area (Å²) in [5.74, 6) is 0. The lowest BCUT2D eigenvalue weighted by Gasteiger charge is -2.18. The molecular weight excluding hydrogens is 1390 g/mol. The van der Waals surface area contributed by atoms with Gasteiger partial charge in [-0.25, -0.2) is 0 Å². The van der Waals surface area contributed by atoms with Crippen LogP contribution in [-0.2, 0) is 0 Å². The van der Waals surface area contributed by atoms with Crippen LogP contribution in [0.3, 0.4) is 0 Å². The average molecular weight is 1470 g/mol. The topological polar surface area (TPSA) is 77.3 Å². The summed E-state index contributed by atoms with van der Waals surface area (Å²) in [6.45, 7) is 2.17. The van der Waals surface area contributed by atoms with Crippen LogP contribution in [0.25, 0.3) is 201 Å². The Kier molecular flexibility index (Phi) is 19.3. The molecule has 0 N–H and O–H groups in total. The van der Waals surface area contributed by atoms with Crippen LogP contribution in [0.15, 0.2) is 431 Å². The first-order valence-electron chi connectivity index (χ1n) is 38.9. The van der Waals surface area contributed by atoms with E-state index in [0.717, 1.165) is 207 Å². The summed E-state index contributed by atoms with van der Waals surface area (Å²) >= 11 is 0. The maximum Gasteiger partial charge on any atom is 0.0888 e. The van der Waals surface area contributed by atoms with Crippen LogP contribution in [0.1, 0.15) is 5.56 Å². The fourth-order valence-electron chi connectivity index (χ4n) is 16.0. The lowest BCUT2D eigenvalue weighted by Crippen LogP contribution is -1.94. The summed E-state index contributed by atoms with van der Waals surface area (Å²) in [6, 6.07) is 140. The van der Waals surface area contributed by atoms with Gasteiger partial charge in [-0.15, -0.1) is 0 Å². The Balaban J connectivity index is 0.633. The Morgan fingerprint density at radius 1 is 0.122 bits per heavy atom. The molecule has 0 saturated carbocycles. The summed E-state index contributed by atoms with van der Waals surface area (Å²) in [5.41, 5.74) is 39.0. The van der Waals surface area contributed by atoms with Gasteiger partial charge in [0, 0.05) is 80.4 Å². The lowest BCUT2D eigenvalue weighted by atomic mass is 9.86. The van der Waals surface area contributed by atoms with Crippen LogP contribution in [0, 0.1) is 6.92 Å². The maximum absolute atomic E-state index is 5.13. The highest BCUT2D eigenvalue weighted by Crippen LogP contribution is 2.46. The average Bonchev–Trinajstić information content (AvgIpc) is 0.770. The van der Waals surface area contributed by atoms with E-state index < -0.39 is 0 Å². The molecule has 0 atom stereocenters. The number of benzene rings is 14. The summed E-state index contributed by atoms with van der Waals surface area (Å²) in [6.07, 6.45) is 11.8. The van der Waals surface area contributed by atoms with Crippen LogP contribution < -0.4 is 0 Å². The van der Waals surface area contributed by atoms with E-state index >= 15 is 0 Å². The molecule has 19 rings (SSSR count). The minimum Gasteiger partial charge on any atom is -0.256 e. The highest BCUT2D eigenvalue weighted by molar-refractivity contribution is 5.97. The highest BCUT2D eigenvalue weighted by Gasteiger charge is 2.21. The molecule has 5 heterocycles. The number of rotatable bonds is 18. The van der Waals surface area contributed by atoms with Crippen molar-refractivity contribution in [2.45, 2.75) is 6.92 Å². The molecule has 0 aliphatic heterocycles. The Bertz CT molecular complexity index is 6400. The molecule has 0 aliphatic rings. The van der Waals surface area contributed by atoms with Crippen molar-refractivity contribution in [3.8, 4) is 201 Å². The zero-order valence-corrected chi connectivity index (χ0v) is 63.2. The van der Waals surface area contributed by atoms with Gasteiger partial charge in [0.05, 0.1) is 46.6 Å². The molecule has 0 amide bonds. The van der Waals surface area contributed by atoms with Crippen LogP contribution >= 0.6 is 0 Å². The van der Waals surface area contributed by atoms with Crippen LogP contribution in [0.2, 0.25) is 0 Å². The second kappa shape index (κ2) is 31.6. The minimum absolute atomic E-state index is 0.790. The zero-order valence-electron chi connectivity index (χ0n) is 63.2. The van der Waals surface area contributed by atoms with E-state index in [0.29, 0.717) is 0 Å². The van der Waals surface area contributed by atoms with Gasteiger partial charge in [0.2, 0.25) is 0 Å². The number of hydrogen-bond donors (Lipinski definition) is 0. The van der Waals surface area contributed by atoms with Gasteiger partial charge in [-0.1, -0.05) is 334 Å². The number of nitrogens with zero attached hydrogens (tertiary/aromatic N) is 6. The van der Waals surface area contributed by atoms with E-state index in [1.54, 1.807) is 0 Å². The van der Waals surface area contributed by atoms with Gasteiger partial charge in [-0.2, -0.15) is 0 Å². The molecule has 0 spiro atoms. The summed E-state index contributed by atoms with van der Waals surface area (Å²) in [5, 5.41) is 0. The molecule has 0 bridgehead atoms. The first kappa shape index (κ1) is 70.2. The van der Waals surface area contributed by atoms with Gasteiger partial charge >= 0.3 is 0 Å². The molecule has 19 aromatic rings. The molecule has 0 saturated heterocycles. The van der Waals surface area contributed by atoms with Gasteiger partial charge in [0.1, 0.15) is 0 Å². The van der Waals surface area contributed by atoms with E-state index in [9.17, 15) is 0 Å². The van der Waals surface area contributed by atoms with Crippen molar-refractivity contribution in [3.05, 3.63) is 437 Å². The van der Waals surface area contributed by atoms with Crippen molar-refractivity contribution in [1.82, 2.24) is 29.9 Å². The molecule has 0 fully saturated rings. The third kappa shape index (κ3) is 14.6. The van der Waals surface area contributed by atoms with Crippen molar-refractivity contribution in [3.63, 3.8) is 0 Å². The molecule has 0 unspecified atom stereocenters. The van der Waals surface area contributed by atoms with Gasteiger partial charge in [0.25, 0.3) is 0 Å². The van der Waals surface area contributed by atoms with E-state index in [1.807, 2.05) is 61.4 Å². The molecule has 14 aromatic carbocycles. The normalized spacial score (nSPS) is 11.2. The summed E-state index contributed by atoms with van der Waals surface area (Å²) in [7, 11) is 0. The zero-order chi connectivity index (χ0) is 76.8. The molecule has 5 aromatic heterocycles. The van der Waals surface area contributed by atoms with Crippen molar-refractivity contribution >= 4 is 0 Å². The standard InChI is InChI=1S/C109H74N6/c1-73-60-80(93-35-15-21-41-99(93)86-63-89(102-44-24-18-38-96(102)83-53-58-106(112-69-83)77-30-10-4-11-31-77)66-90(64-86)103-45-25-19-39-97(103)84-54-59-107(113-70-84)78-32-12-5-13-33-78)50-55-91(73)109-72-114-108(71-115-109)79-48-46-74(47-49-79)92-34-14-20-40-98(92)85-61-87(100-42-22-16-36-94(100)81-51-56-104(110-67-81)75-26-6-2-7-27-75)65-88(62-85)101-43-23-17-37-95(101)82-52-57-105(111-68-82)76-28-8-3-9-29-76/h2-72H,1H3. The predicted molar refractivity (Wildman–Crippen MR) is 476 cm³/mol. The van der Waals surface area contributed by atoms with Gasteiger partial charge in [-0.3, -0.25) is 29.9 Å². The Labute approximate surface area is 670 Å². The predicted octanol–water partition coefficient (Wildman–Crippen LogP) is 28.4. The molecule has 6 heteroatoms. The largest absolute Gasteiger partial charge is 0.256 e. The fourth-order valence-corrected chi connectivity index (χ4v) is 16.0. The van der Waals surface area contributed by atoms with Crippen molar-refractivity contribution in [2.24, 2.45) is 0 Å². The highest BCUT2D eigenvalue weighted by atomic mass is 14.8. The molecule has 6 nitrogen and oxygen atoms in total. The first-order valence-corrected chi connectivity index (χ1v) is 38.9. The summed E-state index contributed by atoms with van der Waals surface area (Å²) < 4.78 is 0. The second-order valence-electron chi connectivity index (χ2n) is 29.0. The van der Waals surface area contributed by atoms with Gasteiger partial charge in [-0.05, 0) is 184 Å². The lowest BCUT2D eigenvalue weighted by molar-refractivity contribution is 1.20. The quantitative estimate of drug-likeness (QED) is 0.0852. The van der Waals surface area contributed by atoms with Gasteiger partial charge < -0.3 is 0 Å². The van der Waals surface area contributed by atoms with E-state index in [1.165, 1.54) is 0 Å². The van der Waals surface area contributed by atoms with Crippen molar-refractivity contribution in [2.75, 3.05) is 0 Å². The number of aryl methyl sites for hydroxylation is 1. The number of aromatic nitrogens is 6. The molecule has 0 aliphatic carbocycles. The SMILES string of the molecule is Cc1cc(-c2ccccc2-c2cc(-c3ccccc3-c3ccc(-c4ccccc4)nc3)cc(-c3ccccc3-c3ccc(-c4ccccc4)nc3)c2)ccc1-c1cnc(-c2ccc(-c3ccccc3-c3cc(-c4ccccc4-c4ccc(-c5ccccc5)nc4)cc(-c4ccccc4-c4ccc(-c5ccccc5)nc4)c3)cc2)cn1. The van der Waals surface area contributed by atoms with E-state index in [4.69, 9.17) is 29.9 Å². The van der Waals surface area contributed by atoms with Crippen LogP contribution in [-0.4, -0.2) is 29.9 Å². The Hall–Kier alpha value is -15.2. The molecule has 0 radical (unpaired) electrons. The summed E-state index contributed by atoms with van der Waals surface area (Å²) in [4.78, 5) is 30.2. The Morgan fingerprint density at radius 2 is 0.322 bits per heavy atom.